The number of hydrogen-bond donors (Lipinski definition) is 0. The molecule has 0 aliphatic heterocycles. The summed E-state index contributed by atoms with van der Waals surface area (Å²) in [7, 11) is 0. The molecule has 0 aliphatic carbocycles. The van der Waals surface area contributed by atoms with Gasteiger partial charge in [-0.25, -0.2) is 4.39 Å². The third kappa shape index (κ3) is 2.13. The summed E-state index contributed by atoms with van der Waals surface area (Å²) in [4.78, 5) is 0. The third-order valence-electron chi connectivity index (χ3n) is 2.82. The van der Waals surface area contributed by atoms with Crippen molar-refractivity contribution in [2.24, 2.45) is 0 Å². The van der Waals surface area contributed by atoms with Crippen molar-refractivity contribution >= 4 is 0 Å². The maximum atomic E-state index is 12.8. The van der Waals surface area contributed by atoms with E-state index in [-0.39, 0.29) is 5.82 Å². The van der Waals surface area contributed by atoms with E-state index in [4.69, 9.17) is 0 Å². The highest BCUT2D eigenvalue weighted by Gasteiger charge is 2.05. The smallest absolute Gasteiger partial charge is 0.123 e. The molecule has 1 heterocycles. The lowest BCUT2D eigenvalue weighted by Crippen LogP contribution is -2.03. The van der Waals surface area contributed by atoms with Crippen LogP contribution in [0, 0.1) is 5.82 Å². The number of rotatable bonds is 3. The molecule has 0 N–H and O–H groups in total. The van der Waals surface area contributed by atoms with Gasteiger partial charge in [-0.3, -0.25) is 4.68 Å². The molecular formula is C13H15FN2. The van der Waals surface area contributed by atoms with E-state index >= 15 is 0 Å². The van der Waals surface area contributed by atoms with Crippen LogP contribution in [0.1, 0.15) is 26.3 Å². The highest BCUT2D eigenvalue weighted by molar-refractivity contribution is 5.61. The van der Waals surface area contributed by atoms with Crippen molar-refractivity contribution in [2.75, 3.05) is 0 Å². The molecule has 16 heavy (non-hydrogen) atoms. The van der Waals surface area contributed by atoms with Gasteiger partial charge in [0.1, 0.15) is 5.82 Å². The van der Waals surface area contributed by atoms with Crippen LogP contribution in [0.25, 0.3) is 11.1 Å². The first-order chi connectivity index (χ1) is 7.70. The lowest BCUT2D eigenvalue weighted by molar-refractivity contribution is 0.478. The number of benzene rings is 1. The molecule has 1 aromatic carbocycles. The van der Waals surface area contributed by atoms with Gasteiger partial charge in [-0.15, -0.1) is 0 Å². The van der Waals surface area contributed by atoms with Gasteiger partial charge < -0.3 is 0 Å². The standard InChI is InChI=1S/C13H15FN2/c1-3-10(2)16-9-12(8-15-16)11-4-6-13(14)7-5-11/h4-10H,3H2,1-2H3. The second-order valence-corrected chi connectivity index (χ2v) is 3.97. The van der Waals surface area contributed by atoms with E-state index in [2.05, 4.69) is 18.9 Å². The minimum atomic E-state index is -0.210. The Bertz CT molecular complexity index is 459. The maximum Gasteiger partial charge on any atom is 0.123 e. The summed E-state index contributed by atoms with van der Waals surface area (Å²) in [5.74, 6) is -0.210. The quantitative estimate of drug-likeness (QED) is 0.768. The van der Waals surface area contributed by atoms with Crippen LogP contribution in [0.5, 0.6) is 0 Å². The van der Waals surface area contributed by atoms with Crippen LogP contribution < -0.4 is 0 Å². The highest BCUT2D eigenvalue weighted by Crippen LogP contribution is 2.20. The van der Waals surface area contributed by atoms with E-state index in [1.165, 1.54) is 12.1 Å². The van der Waals surface area contributed by atoms with Crippen molar-refractivity contribution in [2.45, 2.75) is 26.3 Å². The zero-order chi connectivity index (χ0) is 11.5. The van der Waals surface area contributed by atoms with Gasteiger partial charge in [-0.05, 0) is 31.0 Å². The zero-order valence-corrected chi connectivity index (χ0v) is 9.52. The Morgan fingerprint density at radius 2 is 1.94 bits per heavy atom. The molecule has 0 fully saturated rings. The molecule has 0 aliphatic rings. The normalized spacial score (nSPS) is 12.7. The number of halogens is 1. The summed E-state index contributed by atoms with van der Waals surface area (Å²) < 4.78 is 14.7. The topological polar surface area (TPSA) is 17.8 Å². The summed E-state index contributed by atoms with van der Waals surface area (Å²) >= 11 is 0. The molecule has 1 aromatic heterocycles. The monoisotopic (exact) mass is 218 g/mol. The lowest BCUT2D eigenvalue weighted by Gasteiger charge is -2.07. The van der Waals surface area contributed by atoms with E-state index in [9.17, 15) is 4.39 Å². The third-order valence-corrected chi connectivity index (χ3v) is 2.82. The van der Waals surface area contributed by atoms with E-state index in [0.29, 0.717) is 6.04 Å². The fourth-order valence-corrected chi connectivity index (χ4v) is 1.56. The Morgan fingerprint density at radius 1 is 1.25 bits per heavy atom. The average molecular weight is 218 g/mol. The van der Waals surface area contributed by atoms with Crippen molar-refractivity contribution < 1.29 is 4.39 Å². The highest BCUT2D eigenvalue weighted by atomic mass is 19.1. The van der Waals surface area contributed by atoms with E-state index in [1.54, 1.807) is 12.1 Å². The maximum absolute atomic E-state index is 12.8. The first-order valence-corrected chi connectivity index (χ1v) is 5.51. The van der Waals surface area contributed by atoms with Gasteiger partial charge in [0.15, 0.2) is 0 Å². The van der Waals surface area contributed by atoms with Gasteiger partial charge in [0.05, 0.1) is 6.20 Å². The van der Waals surface area contributed by atoms with Gasteiger partial charge in [0, 0.05) is 17.8 Å². The Kier molecular flexibility index (Phi) is 3.04. The second-order valence-electron chi connectivity index (χ2n) is 3.97. The molecule has 0 saturated heterocycles. The average Bonchev–Trinajstić information content (AvgIpc) is 2.78. The zero-order valence-electron chi connectivity index (χ0n) is 9.52. The van der Waals surface area contributed by atoms with Crippen LogP contribution >= 0.6 is 0 Å². The Hall–Kier alpha value is -1.64. The summed E-state index contributed by atoms with van der Waals surface area (Å²) in [6.07, 6.45) is 4.87. The molecule has 0 saturated carbocycles. The molecule has 0 radical (unpaired) electrons. The van der Waals surface area contributed by atoms with Gasteiger partial charge in [-0.1, -0.05) is 19.1 Å². The molecule has 0 bridgehead atoms. The molecule has 1 unspecified atom stereocenters. The van der Waals surface area contributed by atoms with Crippen molar-refractivity contribution in [1.82, 2.24) is 9.78 Å². The number of nitrogens with zero attached hydrogens (tertiary/aromatic N) is 2. The molecule has 84 valence electrons. The molecular weight excluding hydrogens is 203 g/mol. The van der Waals surface area contributed by atoms with Crippen LogP contribution in [0.15, 0.2) is 36.7 Å². The van der Waals surface area contributed by atoms with Crippen LogP contribution in [0.2, 0.25) is 0 Å². The lowest BCUT2D eigenvalue weighted by atomic mass is 10.1. The first-order valence-electron chi connectivity index (χ1n) is 5.51. The molecule has 2 rings (SSSR count). The molecule has 0 amide bonds. The molecule has 3 heteroatoms. The minimum Gasteiger partial charge on any atom is -0.269 e. The summed E-state index contributed by atoms with van der Waals surface area (Å²) in [6.45, 7) is 4.26. The first kappa shape index (κ1) is 10.9. The summed E-state index contributed by atoms with van der Waals surface area (Å²) in [5, 5.41) is 4.31. The van der Waals surface area contributed by atoms with E-state index in [0.717, 1.165) is 17.5 Å². The predicted molar refractivity (Wildman–Crippen MR) is 62.6 cm³/mol. The molecule has 0 spiro atoms. The molecule has 2 nitrogen and oxygen atoms in total. The fraction of sp³-hybridized carbons (Fsp3) is 0.308. The fourth-order valence-electron chi connectivity index (χ4n) is 1.56. The Morgan fingerprint density at radius 3 is 2.56 bits per heavy atom. The largest absolute Gasteiger partial charge is 0.269 e. The van der Waals surface area contributed by atoms with Gasteiger partial charge >= 0.3 is 0 Å². The van der Waals surface area contributed by atoms with Crippen LogP contribution in [0.3, 0.4) is 0 Å². The van der Waals surface area contributed by atoms with Gasteiger partial charge in [0.25, 0.3) is 0 Å². The molecule has 1 atom stereocenters. The summed E-state index contributed by atoms with van der Waals surface area (Å²) in [5.41, 5.74) is 2.02. The Balaban J connectivity index is 2.28. The van der Waals surface area contributed by atoms with Crippen molar-refractivity contribution in [3.05, 3.63) is 42.5 Å². The van der Waals surface area contributed by atoms with E-state index < -0.39 is 0 Å². The minimum absolute atomic E-state index is 0.210. The van der Waals surface area contributed by atoms with Gasteiger partial charge in [-0.2, -0.15) is 5.10 Å². The van der Waals surface area contributed by atoms with Crippen LogP contribution in [-0.4, -0.2) is 9.78 Å². The predicted octanol–water partition coefficient (Wildman–Crippen LogP) is 3.66. The van der Waals surface area contributed by atoms with Crippen LogP contribution in [-0.2, 0) is 0 Å². The summed E-state index contributed by atoms with van der Waals surface area (Å²) in [6, 6.07) is 6.88. The van der Waals surface area contributed by atoms with Crippen molar-refractivity contribution in [3.63, 3.8) is 0 Å². The number of aromatic nitrogens is 2. The SMILES string of the molecule is CCC(C)n1cc(-c2ccc(F)cc2)cn1. The van der Waals surface area contributed by atoms with E-state index in [1.807, 2.05) is 17.1 Å². The second kappa shape index (κ2) is 4.47. The van der Waals surface area contributed by atoms with Crippen molar-refractivity contribution in [1.29, 1.82) is 0 Å². The Labute approximate surface area is 94.7 Å². The van der Waals surface area contributed by atoms with Crippen LogP contribution in [0.4, 0.5) is 4.39 Å². The van der Waals surface area contributed by atoms with Crippen molar-refractivity contribution in [3.8, 4) is 11.1 Å². The number of hydrogen-bond acceptors (Lipinski definition) is 1. The molecule has 2 aromatic rings. The van der Waals surface area contributed by atoms with Gasteiger partial charge in [0.2, 0.25) is 0 Å².